The fourth-order valence-electron chi connectivity index (χ4n) is 3.98. The van der Waals surface area contributed by atoms with Crippen molar-refractivity contribution in [2.75, 3.05) is 13.2 Å². The van der Waals surface area contributed by atoms with E-state index in [-0.39, 0.29) is 17.9 Å². The molecule has 2 unspecified atom stereocenters. The van der Waals surface area contributed by atoms with E-state index in [9.17, 15) is 14.9 Å². The molecule has 1 fully saturated rings. The molecule has 1 N–H and O–H groups in total. The fraction of sp³-hybridized carbons (Fsp3) is 0.423. The lowest BCUT2D eigenvalue weighted by molar-refractivity contribution is -0.130. The zero-order chi connectivity index (χ0) is 23.8. The van der Waals surface area contributed by atoms with Gasteiger partial charge in [-0.15, -0.1) is 0 Å². The Morgan fingerprint density at radius 1 is 1.27 bits per heavy atom. The molecule has 174 valence electrons. The molecule has 0 aromatic heterocycles. The lowest BCUT2D eigenvalue weighted by Crippen LogP contribution is -2.59. The molecule has 3 atom stereocenters. The van der Waals surface area contributed by atoms with Gasteiger partial charge in [0.15, 0.2) is 0 Å². The summed E-state index contributed by atoms with van der Waals surface area (Å²) >= 11 is 6.04. The van der Waals surface area contributed by atoms with E-state index >= 15 is 0 Å². The third-order valence-electron chi connectivity index (χ3n) is 6.07. The third-order valence-corrected chi connectivity index (χ3v) is 6.32. The molecule has 2 aromatic carbocycles. The van der Waals surface area contributed by atoms with Crippen LogP contribution >= 0.6 is 11.6 Å². The Morgan fingerprint density at radius 3 is 2.67 bits per heavy atom. The molecule has 0 spiro atoms. The van der Waals surface area contributed by atoms with Crippen molar-refractivity contribution in [3.05, 3.63) is 70.2 Å². The van der Waals surface area contributed by atoms with E-state index in [1.54, 1.807) is 6.07 Å². The number of carbonyl (C=O) groups is 2. The number of halogens is 1. The van der Waals surface area contributed by atoms with Crippen LogP contribution in [0.1, 0.15) is 55.7 Å². The second-order valence-corrected chi connectivity index (χ2v) is 8.87. The highest BCUT2D eigenvalue weighted by molar-refractivity contribution is 6.30. The van der Waals surface area contributed by atoms with E-state index < -0.39 is 12.1 Å². The zero-order valence-corrected chi connectivity index (χ0v) is 19.8. The summed E-state index contributed by atoms with van der Waals surface area (Å²) in [7, 11) is 0. The van der Waals surface area contributed by atoms with Crippen LogP contribution in [-0.4, -0.2) is 42.1 Å². The molecular formula is C26H30ClN3O3. The Morgan fingerprint density at radius 2 is 2.03 bits per heavy atom. The number of carbonyl (C=O) groups excluding carboxylic acids is 2. The Hall–Kier alpha value is -3.04. The van der Waals surface area contributed by atoms with Crippen molar-refractivity contribution >= 4 is 23.6 Å². The number of benzene rings is 2. The Labute approximate surface area is 200 Å². The van der Waals surface area contributed by atoms with Gasteiger partial charge < -0.3 is 10.1 Å². The maximum absolute atomic E-state index is 13.0. The monoisotopic (exact) mass is 467 g/mol. The molecule has 1 aliphatic rings. The SMILES string of the molecule is CCCCOC(=O)N1CC[C@H]1C(=O)NC(C)C(Cc1ccc(Cl)cc1)c1cccc(C#N)c1. The van der Waals surface area contributed by atoms with Crippen molar-refractivity contribution in [1.82, 2.24) is 10.2 Å². The number of hydrogen-bond acceptors (Lipinski definition) is 4. The van der Waals surface area contributed by atoms with Gasteiger partial charge in [0, 0.05) is 23.5 Å². The number of hydrogen-bond donors (Lipinski definition) is 1. The lowest BCUT2D eigenvalue weighted by atomic mass is 9.85. The predicted molar refractivity (Wildman–Crippen MR) is 128 cm³/mol. The number of nitrogens with zero attached hydrogens (tertiary/aromatic N) is 2. The molecule has 7 heteroatoms. The van der Waals surface area contributed by atoms with Crippen LogP contribution in [0.4, 0.5) is 4.79 Å². The normalized spacial score (nSPS) is 16.8. The summed E-state index contributed by atoms with van der Waals surface area (Å²) in [6.07, 6.45) is 2.61. The molecule has 0 aliphatic carbocycles. The molecule has 2 aromatic rings. The van der Waals surface area contributed by atoms with Crippen molar-refractivity contribution in [2.45, 2.75) is 57.5 Å². The second-order valence-electron chi connectivity index (χ2n) is 8.44. The van der Waals surface area contributed by atoms with E-state index in [0.29, 0.717) is 36.6 Å². The van der Waals surface area contributed by atoms with Crippen LogP contribution < -0.4 is 5.32 Å². The Balaban J connectivity index is 1.72. The van der Waals surface area contributed by atoms with E-state index in [0.717, 1.165) is 24.0 Å². The first kappa shape index (κ1) is 24.6. The van der Waals surface area contributed by atoms with Crippen LogP contribution in [-0.2, 0) is 16.0 Å². The van der Waals surface area contributed by atoms with Gasteiger partial charge in [-0.05, 0) is 61.6 Å². The van der Waals surface area contributed by atoms with Crippen LogP contribution in [0, 0.1) is 11.3 Å². The highest BCUT2D eigenvalue weighted by Gasteiger charge is 2.39. The van der Waals surface area contributed by atoms with Gasteiger partial charge in [-0.1, -0.05) is 49.2 Å². The topological polar surface area (TPSA) is 82.4 Å². The Bertz CT molecular complexity index is 1000. The van der Waals surface area contributed by atoms with Crippen molar-refractivity contribution < 1.29 is 14.3 Å². The number of ether oxygens (including phenoxy) is 1. The highest BCUT2D eigenvalue weighted by atomic mass is 35.5. The predicted octanol–water partition coefficient (Wildman–Crippen LogP) is 5.05. The summed E-state index contributed by atoms with van der Waals surface area (Å²) in [6.45, 7) is 4.88. The van der Waals surface area contributed by atoms with Crippen LogP contribution in [0.15, 0.2) is 48.5 Å². The Kier molecular flexibility index (Phi) is 8.73. The molecular weight excluding hydrogens is 438 g/mol. The van der Waals surface area contributed by atoms with Crippen LogP contribution in [0.5, 0.6) is 0 Å². The molecule has 0 bridgehead atoms. The molecule has 1 aliphatic heterocycles. The average Bonchev–Trinajstić information content (AvgIpc) is 2.78. The van der Waals surface area contributed by atoms with Gasteiger partial charge in [0.05, 0.1) is 18.2 Å². The van der Waals surface area contributed by atoms with Gasteiger partial charge in [-0.2, -0.15) is 5.26 Å². The number of nitrogens with one attached hydrogen (secondary N) is 1. The van der Waals surface area contributed by atoms with Gasteiger partial charge in [0.2, 0.25) is 5.91 Å². The van der Waals surface area contributed by atoms with Crippen LogP contribution in [0.25, 0.3) is 0 Å². The number of rotatable bonds is 9. The first-order chi connectivity index (χ1) is 15.9. The van der Waals surface area contributed by atoms with Gasteiger partial charge in [-0.25, -0.2) is 4.79 Å². The summed E-state index contributed by atoms with van der Waals surface area (Å²) in [4.78, 5) is 26.8. The van der Waals surface area contributed by atoms with Crippen molar-refractivity contribution in [3.63, 3.8) is 0 Å². The number of unbranched alkanes of at least 4 members (excludes halogenated alkanes) is 1. The van der Waals surface area contributed by atoms with Gasteiger partial charge >= 0.3 is 6.09 Å². The summed E-state index contributed by atoms with van der Waals surface area (Å²) in [5.74, 6) is -0.243. The number of nitriles is 1. The maximum atomic E-state index is 13.0. The van der Waals surface area contributed by atoms with E-state index in [2.05, 4.69) is 11.4 Å². The summed E-state index contributed by atoms with van der Waals surface area (Å²) in [6, 6.07) is 16.6. The van der Waals surface area contributed by atoms with Crippen molar-refractivity contribution in [2.24, 2.45) is 0 Å². The summed E-state index contributed by atoms with van der Waals surface area (Å²) in [5, 5.41) is 13.1. The zero-order valence-electron chi connectivity index (χ0n) is 19.1. The van der Waals surface area contributed by atoms with Crippen molar-refractivity contribution in [3.8, 4) is 6.07 Å². The minimum Gasteiger partial charge on any atom is -0.449 e. The molecule has 0 radical (unpaired) electrons. The molecule has 3 rings (SSSR count). The summed E-state index contributed by atoms with van der Waals surface area (Å²) in [5.41, 5.74) is 2.63. The molecule has 2 amide bonds. The average molecular weight is 468 g/mol. The van der Waals surface area contributed by atoms with Gasteiger partial charge in [0.25, 0.3) is 0 Å². The third kappa shape index (κ3) is 6.49. The van der Waals surface area contributed by atoms with Crippen molar-refractivity contribution in [1.29, 1.82) is 5.26 Å². The minimum absolute atomic E-state index is 0.0616. The van der Waals surface area contributed by atoms with E-state index in [4.69, 9.17) is 16.3 Å². The molecule has 0 saturated carbocycles. The second kappa shape index (κ2) is 11.7. The van der Waals surface area contributed by atoms with Gasteiger partial charge in [-0.3, -0.25) is 9.69 Å². The smallest absolute Gasteiger partial charge is 0.410 e. The quantitative estimate of drug-likeness (QED) is 0.523. The first-order valence-corrected chi connectivity index (χ1v) is 11.8. The minimum atomic E-state index is -0.511. The fourth-order valence-corrected chi connectivity index (χ4v) is 4.11. The maximum Gasteiger partial charge on any atom is 0.410 e. The summed E-state index contributed by atoms with van der Waals surface area (Å²) < 4.78 is 5.27. The largest absolute Gasteiger partial charge is 0.449 e. The highest BCUT2D eigenvalue weighted by Crippen LogP contribution is 2.27. The number of amides is 2. The molecule has 33 heavy (non-hydrogen) atoms. The van der Waals surface area contributed by atoms with E-state index in [1.807, 2.05) is 56.3 Å². The number of likely N-dealkylation sites (tertiary alicyclic amines) is 1. The van der Waals surface area contributed by atoms with Gasteiger partial charge in [0.1, 0.15) is 6.04 Å². The molecule has 1 saturated heterocycles. The standard InChI is InChI=1S/C26H30ClN3O3/c1-3-4-14-33-26(32)30-13-12-24(30)25(31)29-18(2)23(16-19-8-10-22(27)11-9-19)21-7-5-6-20(15-21)17-28/h5-11,15,18,23-24H,3-4,12-14,16H2,1-2H3,(H,29,31)/t18?,23?,24-/m0/s1. The van der Waals surface area contributed by atoms with Crippen LogP contribution in [0.3, 0.4) is 0 Å². The molecule has 1 heterocycles. The van der Waals surface area contributed by atoms with Crippen LogP contribution in [0.2, 0.25) is 5.02 Å². The first-order valence-electron chi connectivity index (χ1n) is 11.4. The van der Waals surface area contributed by atoms with E-state index in [1.165, 1.54) is 4.90 Å². The molecule has 6 nitrogen and oxygen atoms in total. The lowest BCUT2D eigenvalue weighted by Gasteiger charge is -2.39.